The Kier molecular flexibility index (Phi) is 2.56. The summed E-state index contributed by atoms with van der Waals surface area (Å²) in [5.41, 5.74) is 5.79. The Bertz CT molecular complexity index is 1320. The maximum Gasteiger partial charge on any atom is 0.0725 e. The van der Waals surface area contributed by atoms with E-state index in [4.69, 9.17) is 0 Å². The Morgan fingerprint density at radius 3 is 1.76 bits per heavy atom. The summed E-state index contributed by atoms with van der Waals surface area (Å²) in [6.07, 6.45) is 16.6. The molecule has 3 nitrogen and oxygen atoms in total. The van der Waals surface area contributed by atoms with Crippen molar-refractivity contribution in [3.63, 3.8) is 0 Å². The van der Waals surface area contributed by atoms with Crippen LogP contribution in [0.15, 0.2) is 49.1 Å². The van der Waals surface area contributed by atoms with Crippen molar-refractivity contribution in [2.45, 2.75) is 43.9 Å². The average Bonchev–Trinajstić information content (AvgIpc) is 3.24. The lowest BCUT2D eigenvalue weighted by atomic mass is 9.48. The second-order valence-electron chi connectivity index (χ2n) is 10.2. The molecular formula is C26H23N3. The first-order chi connectivity index (χ1) is 14.3. The molecule has 0 saturated heterocycles. The van der Waals surface area contributed by atoms with Crippen LogP contribution in [0.4, 0.5) is 0 Å². The number of rotatable bonds is 1. The van der Waals surface area contributed by atoms with E-state index >= 15 is 0 Å². The topological polar surface area (TPSA) is 30.2 Å². The van der Waals surface area contributed by atoms with E-state index in [9.17, 15) is 0 Å². The molecule has 142 valence electrons. The fraction of sp³-hybridized carbons (Fsp3) is 0.385. The van der Waals surface area contributed by atoms with Gasteiger partial charge >= 0.3 is 0 Å². The minimum Gasteiger partial charge on any atom is -0.305 e. The molecule has 4 fully saturated rings. The minimum absolute atomic E-state index is 0.413. The Hall–Kier alpha value is -2.68. The van der Waals surface area contributed by atoms with Gasteiger partial charge in [0.2, 0.25) is 0 Å². The van der Waals surface area contributed by atoms with Gasteiger partial charge in [0.1, 0.15) is 0 Å². The molecule has 0 amide bonds. The van der Waals surface area contributed by atoms with Crippen molar-refractivity contribution in [3.8, 4) is 0 Å². The van der Waals surface area contributed by atoms with Gasteiger partial charge in [-0.3, -0.25) is 9.97 Å². The molecule has 0 N–H and O–H groups in total. The molecule has 3 heteroatoms. The van der Waals surface area contributed by atoms with Gasteiger partial charge < -0.3 is 4.40 Å². The quantitative estimate of drug-likeness (QED) is 0.354. The van der Waals surface area contributed by atoms with Crippen molar-refractivity contribution in [1.82, 2.24) is 14.4 Å². The molecule has 0 aliphatic heterocycles. The first-order valence-corrected chi connectivity index (χ1v) is 11.2. The molecule has 4 saturated carbocycles. The zero-order valence-electron chi connectivity index (χ0n) is 16.4. The molecule has 0 radical (unpaired) electrons. The van der Waals surface area contributed by atoms with Crippen LogP contribution in [0.2, 0.25) is 0 Å². The summed E-state index contributed by atoms with van der Waals surface area (Å²) >= 11 is 0. The van der Waals surface area contributed by atoms with Gasteiger partial charge in [-0.2, -0.15) is 0 Å². The molecule has 4 bridgehead atoms. The van der Waals surface area contributed by atoms with Gasteiger partial charge in [0.15, 0.2) is 0 Å². The van der Waals surface area contributed by atoms with Gasteiger partial charge in [0.25, 0.3) is 0 Å². The predicted molar refractivity (Wildman–Crippen MR) is 117 cm³/mol. The van der Waals surface area contributed by atoms with Crippen molar-refractivity contribution >= 4 is 38.1 Å². The van der Waals surface area contributed by atoms with E-state index in [-0.39, 0.29) is 0 Å². The highest BCUT2D eigenvalue weighted by atomic mass is 14.9. The molecule has 4 aromatic heterocycles. The molecule has 9 rings (SSSR count). The molecule has 4 aliphatic rings. The number of hydrogen-bond donors (Lipinski definition) is 0. The van der Waals surface area contributed by atoms with Crippen LogP contribution in [0.3, 0.4) is 0 Å². The van der Waals surface area contributed by atoms with Gasteiger partial charge in [-0.05, 0) is 91.5 Å². The highest BCUT2D eigenvalue weighted by Gasteiger charge is 2.51. The number of benzene rings is 1. The third kappa shape index (κ3) is 1.77. The predicted octanol–water partition coefficient (Wildman–Crippen LogP) is 6.09. The van der Waals surface area contributed by atoms with Crippen LogP contribution in [0.5, 0.6) is 0 Å². The average molecular weight is 377 g/mol. The largest absolute Gasteiger partial charge is 0.305 e. The lowest BCUT2D eigenvalue weighted by Crippen LogP contribution is -2.48. The summed E-state index contributed by atoms with van der Waals surface area (Å²) in [4.78, 5) is 8.90. The van der Waals surface area contributed by atoms with E-state index in [1.807, 2.05) is 24.8 Å². The Morgan fingerprint density at radius 2 is 1.24 bits per heavy atom. The number of aromatic nitrogens is 3. The summed E-state index contributed by atoms with van der Waals surface area (Å²) in [5.74, 6) is 2.90. The van der Waals surface area contributed by atoms with E-state index in [0.717, 1.165) is 17.8 Å². The maximum atomic E-state index is 4.45. The highest BCUT2D eigenvalue weighted by Crippen LogP contribution is 2.61. The number of nitrogens with zero attached hydrogens (tertiary/aromatic N) is 3. The van der Waals surface area contributed by atoms with Crippen LogP contribution < -0.4 is 0 Å². The molecule has 29 heavy (non-hydrogen) atoms. The summed E-state index contributed by atoms with van der Waals surface area (Å²) in [7, 11) is 0. The number of hydrogen-bond acceptors (Lipinski definition) is 2. The molecular weight excluding hydrogens is 354 g/mol. The first kappa shape index (κ1) is 15.2. The SMILES string of the molecule is c1cc2c3cc(C45CC6CC(CC(C6)C4)C5)cc4c5ccncc5n(c2cn1)c34. The molecule has 4 aliphatic carbocycles. The van der Waals surface area contributed by atoms with Crippen LogP contribution >= 0.6 is 0 Å². The van der Waals surface area contributed by atoms with Crippen molar-refractivity contribution in [1.29, 1.82) is 0 Å². The summed E-state index contributed by atoms with van der Waals surface area (Å²) in [6, 6.07) is 9.51. The van der Waals surface area contributed by atoms with Gasteiger partial charge in [-0.25, -0.2) is 0 Å². The molecule has 4 heterocycles. The van der Waals surface area contributed by atoms with Gasteiger partial charge in [-0.1, -0.05) is 0 Å². The van der Waals surface area contributed by atoms with Gasteiger partial charge in [0.05, 0.1) is 28.9 Å². The summed E-state index contributed by atoms with van der Waals surface area (Å²) in [6.45, 7) is 0. The fourth-order valence-corrected chi connectivity index (χ4v) is 8.01. The van der Waals surface area contributed by atoms with Gasteiger partial charge in [-0.15, -0.1) is 0 Å². The second kappa shape index (κ2) is 4.89. The van der Waals surface area contributed by atoms with Crippen LogP contribution in [-0.4, -0.2) is 14.4 Å². The van der Waals surface area contributed by atoms with Crippen LogP contribution in [0.1, 0.15) is 44.1 Å². The standard InChI is InChI=1S/C26H23N3/c1-3-27-13-23-19(1)21-8-18(26-10-15-5-16(11-26)7-17(6-15)12-26)9-22-20-2-4-28-14-24(20)29(23)25(21)22/h1-4,8-9,13-17H,5-7,10-12H2. The molecule has 1 aromatic carbocycles. The minimum atomic E-state index is 0.413. The van der Waals surface area contributed by atoms with E-state index in [0.29, 0.717) is 5.41 Å². The molecule has 0 atom stereocenters. The molecule has 0 unspecified atom stereocenters. The zero-order chi connectivity index (χ0) is 18.7. The van der Waals surface area contributed by atoms with Crippen LogP contribution in [0.25, 0.3) is 38.1 Å². The van der Waals surface area contributed by atoms with E-state index in [1.165, 1.54) is 76.6 Å². The monoisotopic (exact) mass is 377 g/mol. The van der Waals surface area contributed by atoms with E-state index < -0.39 is 0 Å². The number of pyridine rings is 2. The van der Waals surface area contributed by atoms with Crippen LogP contribution in [0, 0.1) is 17.8 Å². The maximum absolute atomic E-state index is 4.45. The Morgan fingerprint density at radius 1 is 0.724 bits per heavy atom. The fourth-order valence-electron chi connectivity index (χ4n) is 8.01. The Balaban J connectivity index is 1.52. The molecule has 5 aromatic rings. The first-order valence-electron chi connectivity index (χ1n) is 11.2. The third-order valence-corrected chi connectivity index (χ3v) is 8.65. The van der Waals surface area contributed by atoms with E-state index in [2.05, 4.69) is 38.6 Å². The van der Waals surface area contributed by atoms with Gasteiger partial charge in [0, 0.05) is 33.9 Å². The smallest absolute Gasteiger partial charge is 0.0725 e. The molecule has 0 spiro atoms. The lowest BCUT2D eigenvalue weighted by Gasteiger charge is -2.57. The van der Waals surface area contributed by atoms with Crippen molar-refractivity contribution < 1.29 is 0 Å². The summed E-state index contributed by atoms with van der Waals surface area (Å²) in [5, 5.41) is 5.47. The van der Waals surface area contributed by atoms with Crippen molar-refractivity contribution in [2.75, 3.05) is 0 Å². The second-order valence-corrected chi connectivity index (χ2v) is 10.2. The van der Waals surface area contributed by atoms with Crippen LogP contribution in [-0.2, 0) is 5.41 Å². The lowest BCUT2D eigenvalue weighted by molar-refractivity contribution is -0.00508. The van der Waals surface area contributed by atoms with Crippen molar-refractivity contribution in [2.24, 2.45) is 17.8 Å². The van der Waals surface area contributed by atoms with Crippen molar-refractivity contribution in [3.05, 3.63) is 54.6 Å². The zero-order valence-corrected chi connectivity index (χ0v) is 16.4. The Labute approximate surface area is 169 Å². The summed E-state index contributed by atoms with van der Waals surface area (Å²) < 4.78 is 2.39. The highest BCUT2D eigenvalue weighted by molar-refractivity contribution is 6.23. The number of fused-ring (bicyclic) bond motifs is 6. The normalized spacial score (nSPS) is 31.1. The van der Waals surface area contributed by atoms with E-state index in [1.54, 1.807) is 5.56 Å². The third-order valence-electron chi connectivity index (χ3n) is 8.65.